The fourth-order valence-electron chi connectivity index (χ4n) is 4.11. The van der Waals surface area contributed by atoms with Gasteiger partial charge in [0.05, 0.1) is 10.7 Å². The molecule has 178 valence electrons. The van der Waals surface area contributed by atoms with E-state index in [9.17, 15) is 18.0 Å². The summed E-state index contributed by atoms with van der Waals surface area (Å²) in [6.07, 6.45) is 2.03. The first kappa shape index (κ1) is 24.9. The summed E-state index contributed by atoms with van der Waals surface area (Å²) in [6, 6.07) is 3.83. The Bertz CT molecular complexity index is 948. The van der Waals surface area contributed by atoms with E-state index in [2.05, 4.69) is 23.5 Å². The topological polar surface area (TPSA) is 116 Å². The number of rotatable bonds is 7. The highest BCUT2D eigenvalue weighted by Gasteiger charge is 2.32. The molecule has 11 heteroatoms. The molecule has 0 aliphatic carbocycles. The van der Waals surface area contributed by atoms with Gasteiger partial charge in [-0.3, -0.25) is 14.5 Å². The zero-order valence-corrected chi connectivity index (χ0v) is 20.2. The van der Waals surface area contributed by atoms with Crippen molar-refractivity contribution in [1.29, 1.82) is 0 Å². The van der Waals surface area contributed by atoms with E-state index in [4.69, 9.17) is 17.3 Å². The highest BCUT2D eigenvalue weighted by molar-refractivity contribution is 7.89. The highest BCUT2D eigenvalue weighted by atomic mass is 35.5. The Labute approximate surface area is 194 Å². The molecule has 3 rings (SSSR count). The van der Waals surface area contributed by atoms with Crippen molar-refractivity contribution in [3.63, 3.8) is 0 Å². The summed E-state index contributed by atoms with van der Waals surface area (Å²) < 4.78 is 28.7. The number of hydrogen-bond acceptors (Lipinski definition) is 6. The normalized spacial score (nSPS) is 19.5. The van der Waals surface area contributed by atoms with Crippen LogP contribution in [0.1, 0.15) is 33.1 Å². The largest absolute Gasteiger partial charge is 0.339 e. The van der Waals surface area contributed by atoms with Crippen LogP contribution in [-0.4, -0.2) is 81.4 Å². The van der Waals surface area contributed by atoms with Crippen LogP contribution in [0, 0.1) is 0 Å². The Morgan fingerprint density at radius 2 is 1.84 bits per heavy atom. The van der Waals surface area contributed by atoms with E-state index in [1.165, 1.54) is 11.0 Å². The van der Waals surface area contributed by atoms with Crippen LogP contribution < -0.4 is 15.4 Å². The fraction of sp³-hybridized carbons (Fsp3) is 0.619. The molecule has 9 nitrogen and oxygen atoms in total. The molecule has 0 aromatic heterocycles. The second-order valence-corrected chi connectivity index (χ2v) is 10.5. The summed E-state index contributed by atoms with van der Waals surface area (Å²) in [5.74, 6) is -0.436. The minimum absolute atomic E-state index is 0.0379. The van der Waals surface area contributed by atoms with Crippen molar-refractivity contribution in [2.45, 2.75) is 50.1 Å². The number of sulfonamides is 1. The second kappa shape index (κ2) is 10.5. The van der Waals surface area contributed by atoms with Crippen molar-refractivity contribution >= 4 is 39.1 Å². The Balaban J connectivity index is 1.76. The SMILES string of the molecule is CC(C)N1CCN(C(=O)[C@H](CN)NS(=O)(=O)c2cccc(N3CCCCC3=O)c2Cl)CC1. The van der Waals surface area contributed by atoms with Gasteiger partial charge in [-0.05, 0) is 38.8 Å². The fourth-order valence-corrected chi connectivity index (χ4v) is 5.93. The van der Waals surface area contributed by atoms with Gasteiger partial charge < -0.3 is 15.5 Å². The third-order valence-electron chi connectivity index (χ3n) is 6.03. The van der Waals surface area contributed by atoms with Gasteiger partial charge in [-0.1, -0.05) is 17.7 Å². The molecule has 0 unspecified atom stereocenters. The third-order valence-corrected chi connectivity index (χ3v) is 8.06. The van der Waals surface area contributed by atoms with Crippen LogP contribution in [0.3, 0.4) is 0 Å². The molecule has 0 radical (unpaired) electrons. The molecule has 32 heavy (non-hydrogen) atoms. The second-order valence-electron chi connectivity index (χ2n) is 8.46. The first-order valence-corrected chi connectivity index (χ1v) is 12.9. The number of nitrogens with two attached hydrogens (primary N) is 1. The van der Waals surface area contributed by atoms with Gasteiger partial charge >= 0.3 is 0 Å². The molecule has 2 fully saturated rings. The van der Waals surface area contributed by atoms with Crippen molar-refractivity contribution < 1.29 is 18.0 Å². The predicted molar refractivity (Wildman–Crippen MR) is 124 cm³/mol. The summed E-state index contributed by atoms with van der Waals surface area (Å²) in [6.45, 7) is 7.00. The quantitative estimate of drug-likeness (QED) is 0.595. The van der Waals surface area contributed by atoms with Crippen LogP contribution in [-0.2, 0) is 19.6 Å². The maximum atomic E-state index is 13.1. The number of nitrogens with zero attached hydrogens (tertiary/aromatic N) is 3. The van der Waals surface area contributed by atoms with Crippen molar-refractivity contribution in [2.75, 3.05) is 44.2 Å². The van der Waals surface area contributed by atoms with Crippen molar-refractivity contribution in [3.8, 4) is 0 Å². The lowest BCUT2D eigenvalue weighted by Crippen LogP contribution is -2.57. The molecule has 1 aromatic rings. The average Bonchev–Trinajstić information content (AvgIpc) is 2.77. The molecule has 0 spiro atoms. The number of anilines is 1. The lowest BCUT2D eigenvalue weighted by atomic mass is 10.1. The molecule has 0 bridgehead atoms. The van der Waals surface area contributed by atoms with Gasteiger partial charge in [0.15, 0.2) is 0 Å². The van der Waals surface area contributed by atoms with Gasteiger partial charge in [-0.2, -0.15) is 4.72 Å². The van der Waals surface area contributed by atoms with Gasteiger partial charge in [-0.25, -0.2) is 8.42 Å². The van der Waals surface area contributed by atoms with Gasteiger partial charge in [0.25, 0.3) is 0 Å². The van der Waals surface area contributed by atoms with Gasteiger partial charge in [0.2, 0.25) is 21.8 Å². The first-order valence-electron chi connectivity index (χ1n) is 11.0. The number of piperidine rings is 1. The first-order chi connectivity index (χ1) is 15.2. The summed E-state index contributed by atoms with van der Waals surface area (Å²) in [7, 11) is -4.15. The number of halogens is 1. The molecule has 2 heterocycles. The molecule has 2 aliphatic rings. The summed E-state index contributed by atoms with van der Waals surface area (Å²) in [5.41, 5.74) is 6.13. The molecular formula is C21H32ClN5O4S. The Morgan fingerprint density at radius 3 is 2.44 bits per heavy atom. The number of carbonyl (C=O) groups excluding carboxylic acids is 2. The maximum Gasteiger partial charge on any atom is 0.242 e. The van der Waals surface area contributed by atoms with Crippen LogP contribution in [0.5, 0.6) is 0 Å². The molecule has 0 saturated carbocycles. The van der Waals surface area contributed by atoms with Gasteiger partial charge in [0.1, 0.15) is 10.9 Å². The van der Waals surface area contributed by atoms with Crippen LogP contribution in [0.4, 0.5) is 5.69 Å². The lowest BCUT2D eigenvalue weighted by molar-refractivity contribution is -0.134. The van der Waals surface area contributed by atoms with E-state index in [-0.39, 0.29) is 28.3 Å². The van der Waals surface area contributed by atoms with Gasteiger partial charge in [-0.15, -0.1) is 0 Å². The summed E-state index contributed by atoms with van der Waals surface area (Å²) >= 11 is 6.45. The van der Waals surface area contributed by atoms with E-state index in [0.717, 1.165) is 25.9 Å². The zero-order valence-electron chi connectivity index (χ0n) is 18.6. The van der Waals surface area contributed by atoms with Crippen molar-refractivity contribution in [3.05, 3.63) is 23.2 Å². The number of nitrogens with one attached hydrogen (secondary N) is 1. The summed E-state index contributed by atoms with van der Waals surface area (Å²) in [4.78, 5) is 30.5. The monoisotopic (exact) mass is 485 g/mol. The Hall–Kier alpha value is -1.72. The van der Waals surface area contributed by atoms with Gasteiger partial charge in [0, 0.05) is 51.7 Å². The molecule has 2 saturated heterocycles. The average molecular weight is 486 g/mol. The number of amides is 2. The highest BCUT2D eigenvalue weighted by Crippen LogP contribution is 2.34. The van der Waals surface area contributed by atoms with Crippen LogP contribution in [0.25, 0.3) is 0 Å². The van der Waals surface area contributed by atoms with E-state index in [1.54, 1.807) is 17.0 Å². The van der Waals surface area contributed by atoms with E-state index >= 15 is 0 Å². The lowest BCUT2D eigenvalue weighted by Gasteiger charge is -2.38. The molecule has 2 aliphatic heterocycles. The van der Waals surface area contributed by atoms with Crippen LogP contribution >= 0.6 is 11.6 Å². The molecule has 3 N–H and O–H groups in total. The smallest absolute Gasteiger partial charge is 0.242 e. The minimum Gasteiger partial charge on any atom is -0.339 e. The Kier molecular flexibility index (Phi) is 8.16. The number of piperazine rings is 1. The summed E-state index contributed by atoms with van der Waals surface area (Å²) in [5, 5.41) is -0.0379. The standard InChI is InChI=1S/C21H32ClN5O4S/c1-15(2)25-10-12-26(13-11-25)21(29)16(14-23)24-32(30,31)18-7-5-6-17(20(18)22)27-9-4-3-8-19(27)28/h5-7,15-16,24H,3-4,8-14,23H2,1-2H3/t16-/m0/s1. The molecular weight excluding hydrogens is 454 g/mol. The third kappa shape index (κ3) is 5.43. The van der Waals surface area contributed by atoms with Crippen LogP contribution in [0.15, 0.2) is 23.1 Å². The van der Waals surface area contributed by atoms with Crippen molar-refractivity contribution in [2.24, 2.45) is 5.73 Å². The molecule has 1 atom stereocenters. The Morgan fingerprint density at radius 1 is 1.16 bits per heavy atom. The maximum absolute atomic E-state index is 13.1. The zero-order chi connectivity index (χ0) is 23.5. The minimum atomic E-state index is -4.15. The van der Waals surface area contributed by atoms with E-state index in [1.807, 2.05) is 0 Å². The number of benzene rings is 1. The van der Waals surface area contributed by atoms with Crippen molar-refractivity contribution in [1.82, 2.24) is 14.5 Å². The van der Waals surface area contributed by atoms with Crippen LogP contribution in [0.2, 0.25) is 5.02 Å². The number of carbonyl (C=O) groups is 2. The number of hydrogen-bond donors (Lipinski definition) is 2. The molecule has 1 aromatic carbocycles. The predicted octanol–water partition coefficient (Wildman–Crippen LogP) is 1.02. The molecule has 2 amide bonds. The van der Waals surface area contributed by atoms with E-state index < -0.39 is 16.1 Å². The van der Waals surface area contributed by atoms with E-state index in [0.29, 0.717) is 37.8 Å².